The maximum atomic E-state index is 12.3. The Morgan fingerprint density at radius 3 is 2.70 bits per heavy atom. The van der Waals surface area contributed by atoms with E-state index in [0.717, 1.165) is 11.1 Å². The quantitative estimate of drug-likeness (QED) is 0.857. The predicted octanol–water partition coefficient (Wildman–Crippen LogP) is 2.04. The van der Waals surface area contributed by atoms with Crippen LogP contribution in [-0.2, 0) is 23.0 Å². The second-order valence-corrected chi connectivity index (χ2v) is 7.24. The van der Waals surface area contributed by atoms with Crippen LogP contribution in [0.25, 0.3) is 0 Å². The summed E-state index contributed by atoms with van der Waals surface area (Å²) < 4.78 is 27.2. The van der Waals surface area contributed by atoms with Gasteiger partial charge < -0.3 is 5.73 Å². The molecule has 108 valence electrons. The highest BCUT2D eigenvalue weighted by Gasteiger charge is 2.17. The molecule has 2 rings (SSSR count). The molecule has 0 aliphatic carbocycles. The molecular formula is C14H18N2O2S2. The third-order valence-electron chi connectivity index (χ3n) is 3.15. The van der Waals surface area contributed by atoms with Gasteiger partial charge in [-0.25, -0.2) is 13.1 Å². The van der Waals surface area contributed by atoms with Crippen molar-refractivity contribution in [3.63, 3.8) is 0 Å². The topological polar surface area (TPSA) is 72.2 Å². The molecular weight excluding hydrogens is 292 g/mol. The van der Waals surface area contributed by atoms with Crippen LogP contribution in [0.2, 0.25) is 0 Å². The average Bonchev–Trinajstić information content (AvgIpc) is 2.91. The minimum absolute atomic E-state index is 0.312. The maximum Gasteiger partial charge on any atom is 0.240 e. The zero-order valence-corrected chi connectivity index (χ0v) is 12.9. The van der Waals surface area contributed by atoms with E-state index in [2.05, 4.69) is 4.72 Å². The summed E-state index contributed by atoms with van der Waals surface area (Å²) in [4.78, 5) is 1.48. The molecule has 0 fully saturated rings. The standard InChI is InChI=1S/C14H18N2O2S2/c1-11-12(10-15)4-2-6-14(11)20(17,18)16-8-7-13-5-3-9-19-13/h2-6,9,16H,7-8,10,15H2,1H3. The Labute approximate surface area is 123 Å². The van der Waals surface area contributed by atoms with Gasteiger partial charge in [0.05, 0.1) is 4.90 Å². The maximum absolute atomic E-state index is 12.3. The molecule has 0 saturated heterocycles. The third-order valence-corrected chi connectivity index (χ3v) is 5.69. The van der Waals surface area contributed by atoms with Crippen LogP contribution < -0.4 is 10.5 Å². The van der Waals surface area contributed by atoms with Crippen molar-refractivity contribution in [3.05, 3.63) is 51.7 Å². The first-order chi connectivity index (χ1) is 9.54. The van der Waals surface area contributed by atoms with Crippen LogP contribution in [0.5, 0.6) is 0 Å². The number of nitrogens with two attached hydrogens (primary N) is 1. The first-order valence-corrected chi connectivity index (χ1v) is 8.71. The van der Waals surface area contributed by atoms with Crippen LogP contribution >= 0.6 is 11.3 Å². The van der Waals surface area contributed by atoms with Crippen LogP contribution in [0, 0.1) is 6.92 Å². The fourth-order valence-corrected chi connectivity index (χ4v) is 4.04. The van der Waals surface area contributed by atoms with Crippen LogP contribution in [0.15, 0.2) is 40.6 Å². The summed E-state index contributed by atoms with van der Waals surface area (Å²) in [5.74, 6) is 0. The van der Waals surface area contributed by atoms with Crippen molar-refractivity contribution in [1.29, 1.82) is 0 Å². The Kier molecular flexibility index (Phi) is 4.93. The van der Waals surface area contributed by atoms with Gasteiger partial charge in [-0.15, -0.1) is 11.3 Å². The number of nitrogens with one attached hydrogen (secondary N) is 1. The van der Waals surface area contributed by atoms with Gasteiger partial charge in [-0.3, -0.25) is 0 Å². The minimum atomic E-state index is -3.48. The van der Waals surface area contributed by atoms with Gasteiger partial charge >= 0.3 is 0 Å². The summed E-state index contributed by atoms with van der Waals surface area (Å²) in [5.41, 5.74) is 7.19. The lowest BCUT2D eigenvalue weighted by Crippen LogP contribution is -2.26. The molecule has 0 saturated carbocycles. The lowest BCUT2D eigenvalue weighted by Gasteiger charge is -2.11. The van der Waals surface area contributed by atoms with E-state index >= 15 is 0 Å². The highest BCUT2D eigenvalue weighted by atomic mass is 32.2. The summed E-state index contributed by atoms with van der Waals surface area (Å²) >= 11 is 1.63. The van der Waals surface area contributed by atoms with E-state index in [0.29, 0.717) is 24.4 Å². The van der Waals surface area contributed by atoms with Crippen molar-refractivity contribution in [1.82, 2.24) is 4.72 Å². The van der Waals surface area contributed by atoms with E-state index in [-0.39, 0.29) is 0 Å². The fraction of sp³-hybridized carbons (Fsp3) is 0.286. The van der Waals surface area contributed by atoms with Gasteiger partial charge in [0.25, 0.3) is 0 Å². The number of benzene rings is 1. The van der Waals surface area contributed by atoms with Crippen molar-refractivity contribution in [2.45, 2.75) is 24.8 Å². The predicted molar refractivity (Wildman–Crippen MR) is 82.3 cm³/mol. The average molecular weight is 310 g/mol. The van der Waals surface area contributed by atoms with Crippen LogP contribution in [0.3, 0.4) is 0 Å². The highest BCUT2D eigenvalue weighted by Crippen LogP contribution is 2.18. The Morgan fingerprint density at radius 2 is 2.05 bits per heavy atom. The monoisotopic (exact) mass is 310 g/mol. The van der Waals surface area contributed by atoms with E-state index in [4.69, 9.17) is 5.73 Å². The third kappa shape index (κ3) is 3.46. The second kappa shape index (κ2) is 6.49. The molecule has 4 nitrogen and oxygen atoms in total. The Balaban J connectivity index is 2.10. The molecule has 0 aliphatic heterocycles. The van der Waals surface area contributed by atoms with Gasteiger partial charge in [0.2, 0.25) is 10.0 Å². The van der Waals surface area contributed by atoms with Crippen LogP contribution in [0.4, 0.5) is 0 Å². The number of hydrogen-bond donors (Lipinski definition) is 2. The molecule has 0 amide bonds. The Bertz CT molecular complexity index is 664. The van der Waals surface area contributed by atoms with Crippen molar-refractivity contribution in [3.8, 4) is 0 Å². The SMILES string of the molecule is Cc1c(CN)cccc1S(=O)(=O)NCCc1cccs1. The largest absolute Gasteiger partial charge is 0.326 e. The van der Waals surface area contributed by atoms with Crippen molar-refractivity contribution in [2.24, 2.45) is 5.73 Å². The molecule has 3 N–H and O–H groups in total. The molecule has 6 heteroatoms. The smallest absolute Gasteiger partial charge is 0.240 e. The lowest BCUT2D eigenvalue weighted by atomic mass is 10.1. The van der Waals surface area contributed by atoms with Gasteiger partial charge in [0, 0.05) is 18.0 Å². The van der Waals surface area contributed by atoms with Gasteiger partial charge in [-0.05, 0) is 42.0 Å². The summed E-state index contributed by atoms with van der Waals surface area (Å²) in [5, 5.41) is 1.98. The summed E-state index contributed by atoms with van der Waals surface area (Å²) in [6, 6.07) is 9.15. The molecule has 20 heavy (non-hydrogen) atoms. The molecule has 1 aromatic heterocycles. The van der Waals surface area contributed by atoms with Crippen LogP contribution in [0.1, 0.15) is 16.0 Å². The molecule has 0 spiro atoms. The van der Waals surface area contributed by atoms with E-state index < -0.39 is 10.0 Å². The number of sulfonamides is 1. The minimum Gasteiger partial charge on any atom is -0.326 e. The number of thiophene rings is 1. The van der Waals surface area contributed by atoms with Gasteiger partial charge in [-0.1, -0.05) is 18.2 Å². The molecule has 0 aliphatic rings. The molecule has 0 unspecified atom stereocenters. The first kappa shape index (κ1) is 15.2. The molecule has 0 radical (unpaired) electrons. The molecule has 1 aromatic carbocycles. The van der Waals surface area contributed by atoms with Crippen LogP contribution in [-0.4, -0.2) is 15.0 Å². The first-order valence-electron chi connectivity index (χ1n) is 6.35. The van der Waals surface area contributed by atoms with Gasteiger partial charge in [-0.2, -0.15) is 0 Å². The normalized spacial score (nSPS) is 11.7. The number of hydrogen-bond acceptors (Lipinski definition) is 4. The Morgan fingerprint density at radius 1 is 1.25 bits per heavy atom. The van der Waals surface area contributed by atoms with Crippen molar-refractivity contribution in [2.75, 3.05) is 6.54 Å². The fourth-order valence-electron chi connectivity index (χ4n) is 2.01. The zero-order valence-electron chi connectivity index (χ0n) is 11.3. The van der Waals surface area contributed by atoms with E-state index in [9.17, 15) is 8.42 Å². The summed E-state index contributed by atoms with van der Waals surface area (Å²) in [6.45, 7) is 2.52. The van der Waals surface area contributed by atoms with Gasteiger partial charge in [0.1, 0.15) is 0 Å². The molecule has 0 atom stereocenters. The van der Waals surface area contributed by atoms with Crippen molar-refractivity contribution >= 4 is 21.4 Å². The number of rotatable bonds is 6. The summed E-state index contributed by atoms with van der Waals surface area (Å²) in [7, 11) is -3.48. The summed E-state index contributed by atoms with van der Waals surface area (Å²) in [6.07, 6.45) is 0.701. The lowest BCUT2D eigenvalue weighted by molar-refractivity contribution is 0.581. The molecule has 1 heterocycles. The zero-order chi connectivity index (χ0) is 14.6. The van der Waals surface area contributed by atoms with E-state index in [1.54, 1.807) is 30.4 Å². The highest BCUT2D eigenvalue weighted by molar-refractivity contribution is 7.89. The molecule has 0 bridgehead atoms. The Hall–Kier alpha value is -1.21. The molecule has 2 aromatic rings. The van der Waals surface area contributed by atoms with E-state index in [1.807, 2.05) is 23.6 Å². The van der Waals surface area contributed by atoms with Crippen molar-refractivity contribution < 1.29 is 8.42 Å². The second-order valence-electron chi connectivity index (χ2n) is 4.47. The van der Waals surface area contributed by atoms with Gasteiger partial charge in [0.15, 0.2) is 0 Å². The van der Waals surface area contributed by atoms with E-state index in [1.165, 1.54) is 4.88 Å².